The van der Waals surface area contributed by atoms with Gasteiger partial charge in [0.05, 0.1) is 7.05 Å². The Morgan fingerprint density at radius 1 is 1.43 bits per heavy atom. The number of carbonyl (C=O) groups is 1. The Balaban J connectivity index is 2.00. The molecule has 21 heavy (non-hydrogen) atoms. The Hall–Kier alpha value is -2.90. The van der Waals surface area contributed by atoms with Crippen molar-refractivity contribution in [3.63, 3.8) is 0 Å². The zero-order valence-corrected chi connectivity index (χ0v) is 11.6. The van der Waals surface area contributed by atoms with E-state index >= 15 is 0 Å². The van der Waals surface area contributed by atoms with E-state index in [1.54, 1.807) is 31.3 Å². The van der Waals surface area contributed by atoms with Crippen LogP contribution in [0.25, 0.3) is 0 Å². The molecule has 2 aromatic rings. The standard InChI is InChI=1S/C13H14N4O4/c1-9(18)15-10-3-5-11(6-4-10)21-8-12-14-7-13(16(12)2)17(19)20/h3-7H,8H2,1-2H3,(H,15,18). The second-order valence-corrected chi connectivity index (χ2v) is 4.34. The minimum absolute atomic E-state index is 0.0883. The van der Waals surface area contributed by atoms with Gasteiger partial charge in [0.25, 0.3) is 0 Å². The molecule has 1 heterocycles. The van der Waals surface area contributed by atoms with Crippen LogP contribution in [0.1, 0.15) is 12.7 Å². The monoisotopic (exact) mass is 290 g/mol. The van der Waals surface area contributed by atoms with Gasteiger partial charge in [-0.05, 0) is 29.2 Å². The maximum absolute atomic E-state index is 10.9. The third-order valence-electron chi connectivity index (χ3n) is 2.79. The number of nitrogens with zero attached hydrogens (tertiary/aromatic N) is 3. The van der Waals surface area contributed by atoms with Crippen LogP contribution in [0.5, 0.6) is 5.75 Å². The van der Waals surface area contributed by atoms with Crippen molar-refractivity contribution in [2.75, 3.05) is 5.32 Å². The summed E-state index contributed by atoms with van der Waals surface area (Å²) in [7, 11) is 1.56. The molecule has 1 aromatic heterocycles. The van der Waals surface area contributed by atoms with Crippen molar-refractivity contribution in [1.82, 2.24) is 9.55 Å². The smallest absolute Gasteiger partial charge is 0.342 e. The summed E-state index contributed by atoms with van der Waals surface area (Å²) in [6.45, 7) is 1.54. The molecule has 0 radical (unpaired) electrons. The fourth-order valence-electron chi connectivity index (χ4n) is 1.73. The Morgan fingerprint density at radius 3 is 2.62 bits per heavy atom. The number of nitro groups is 1. The lowest BCUT2D eigenvalue weighted by Gasteiger charge is -2.06. The lowest BCUT2D eigenvalue weighted by atomic mass is 10.3. The van der Waals surface area contributed by atoms with Gasteiger partial charge in [0, 0.05) is 12.6 Å². The van der Waals surface area contributed by atoms with Gasteiger partial charge >= 0.3 is 5.82 Å². The highest BCUT2D eigenvalue weighted by atomic mass is 16.6. The summed E-state index contributed by atoms with van der Waals surface area (Å²) in [6.07, 6.45) is 1.19. The van der Waals surface area contributed by atoms with Gasteiger partial charge in [0.1, 0.15) is 11.9 Å². The number of rotatable bonds is 5. The quantitative estimate of drug-likeness (QED) is 0.669. The van der Waals surface area contributed by atoms with E-state index in [4.69, 9.17) is 4.74 Å². The average Bonchev–Trinajstić information content (AvgIpc) is 2.79. The molecule has 0 unspecified atom stereocenters. The zero-order valence-electron chi connectivity index (χ0n) is 11.6. The zero-order chi connectivity index (χ0) is 15.4. The molecule has 8 nitrogen and oxygen atoms in total. The van der Waals surface area contributed by atoms with Gasteiger partial charge in [-0.3, -0.25) is 4.79 Å². The Labute approximate surface area is 120 Å². The van der Waals surface area contributed by atoms with Crippen LogP contribution in [-0.4, -0.2) is 20.4 Å². The first-order valence-electron chi connectivity index (χ1n) is 6.13. The molecule has 1 N–H and O–H groups in total. The number of hydrogen-bond acceptors (Lipinski definition) is 5. The molecule has 8 heteroatoms. The molecule has 0 saturated heterocycles. The molecule has 0 atom stereocenters. The maximum Gasteiger partial charge on any atom is 0.342 e. The SMILES string of the molecule is CC(=O)Nc1ccc(OCc2ncc([N+](=O)[O-])n2C)cc1. The second kappa shape index (κ2) is 6.04. The molecule has 110 valence electrons. The number of hydrogen-bond donors (Lipinski definition) is 1. The third-order valence-corrected chi connectivity index (χ3v) is 2.79. The van der Waals surface area contributed by atoms with E-state index in [1.165, 1.54) is 17.7 Å². The van der Waals surface area contributed by atoms with Gasteiger partial charge in [-0.25, -0.2) is 9.55 Å². The van der Waals surface area contributed by atoms with Gasteiger partial charge < -0.3 is 20.2 Å². The van der Waals surface area contributed by atoms with Crippen molar-refractivity contribution < 1.29 is 14.5 Å². The molecule has 0 aliphatic carbocycles. The van der Waals surface area contributed by atoms with Crippen LogP contribution in [-0.2, 0) is 18.4 Å². The summed E-state index contributed by atoms with van der Waals surface area (Å²) in [6, 6.07) is 6.81. The molecule has 0 aliphatic rings. The highest BCUT2D eigenvalue weighted by molar-refractivity contribution is 5.88. The summed E-state index contributed by atoms with van der Waals surface area (Å²) < 4.78 is 6.87. The molecule has 0 spiro atoms. The van der Waals surface area contributed by atoms with Crippen molar-refractivity contribution in [2.24, 2.45) is 7.05 Å². The van der Waals surface area contributed by atoms with Gasteiger partial charge in [0.15, 0.2) is 6.61 Å². The molecule has 0 fully saturated rings. The minimum Gasteiger partial charge on any atom is -0.483 e. The van der Waals surface area contributed by atoms with Gasteiger partial charge in [-0.2, -0.15) is 0 Å². The van der Waals surface area contributed by atoms with Gasteiger partial charge in [-0.1, -0.05) is 0 Å². The Bertz CT molecular complexity index is 663. The first-order chi connectivity index (χ1) is 9.97. The van der Waals surface area contributed by atoms with Crippen molar-refractivity contribution in [1.29, 1.82) is 0 Å². The third kappa shape index (κ3) is 3.56. The molecule has 1 amide bonds. The van der Waals surface area contributed by atoms with E-state index in [1.807, 2.05) is 0 Å². The van der Waals surface area contributed by atoms with Crippen molar-refractivity contribution >= 4 is 17.4 Å². The Kier molecular flexibility index (Phi) is 4.17. The predicted octanol–water partition coefficient (Wildman–Crippen LogP) is 1.87. The van der Waals surface area contributed by atoms with E-state index in [0.29, 0.717) is 17.3 Å². The van der Waals surface area contributed by atoms with E-state index in [-0.39, 0.29) is 18.3 Å². The van der Waals surface area contributed by atoms with Crippen molar-refractivity contribution in [3.8, 4) is 5.75 Å². The van der Waals surface area contributed by atoms with Crippen LogP contribution in [0.3, 0.4) is 0 Å². The highest BCUT2D eigenvalue weighted by Gasteiger charge is 2.16. The van der Waals surface area contributed by atoms with Gasteiger partial charge in [-0.15, -0.1) is 0 Å². The summed E-state index contributed by atoms with van der Waals surface area (Å²) in [5.41, 5.74) is 0.669. The lowest BCUT2D eigenvalue weighted by Crippen LogP contribution is -2.06. The number of aromatic nitrogens is 2. The summed E-state index contributed by atoms with van der Waals surface area (Å²) in [4.78, 5) is 25.0. The normalized spacial score (nSPS) is 10.2. The number of nitrogens with one attached hydrogen (secondary N) is 1. The van der Waals surface area contributed by atoms with Crippen LogP contribution in [0.15, 0.2) is 30.5 Å². The van der Waals surface area contributed by atoms with Crippen molar-refractivity contribution in [2.45, 2.75) is 13.5 Å². The number of benzene rings is 1. The van der Waals surface area contributed by atoms with E-state index in [0.717, 1.165) is 0 Å². The molecule has 2 rings (SSSR count). The minimum atomic E-state index is -0.501. The summed E-state index contributed by atoms with van der Waals surface area (Å²) in [5.74, 6) is 0.793. The molecule has 0 bridgehead atoms. The highest BCUT2D eigenvalue weighted by Crippen LogP contribution is 2.18. The van der Waals surface area contributed by atoms with Crippen LogP contribution >= 0.6 is 0 Å². The molecule has 0 aliphatic heterocycles. The van der Waals surface area contributed by atoms with E-state index < -0.39 is 4.92 Å². The molecule has 1 aromatic carbocycles. The van der Waals surface area contributed by atoms with Crippen LogP contribution in [0.4, 0.5) is 11.5 Å². The lowest BCUT2D eigenvalue weighted by molar-refractivity contribution is -0.391. The number of carbonyl (C=O) groups excluding carboxylic acids is 1. The second-order valence-electron chi connectivity index (χ2n) is 4.34. The van der Waals surface area contributed by atoms with Crippen LogP contribution in [0.2, 0.25) is 0 Å². The summed E-state index contributed by atoms with van der Waals surface area (Å²) in [5, 5.41) is 13.3. The Morgan fingerprint density at radius 2 is 2.10 bits per heavy atom. The largest absolute Gasteiger partial charge is 0.483 e. The van der Waals surface area contributed by atoms with E-state index in [2.05, 4.69) is 10.3 Å². The molecule has 0 saturated carbocycles. The fraction of sp³-hybridized carbons (Fsp3) is 0.231. The summed E-state index contributed by atoms with van der Waals surface area (Å²) >= 11 is 0. The van der Waals surface area contributed by atoms with Gasteiger partial charge in [0.2, 0.25) is 11.7 Å². The number of amides is 1. The van der Waals surface area contributed by atoms with Crippen molar-refractivity contribution in [3.05, 3.63) is 46.4 Å². The first kappa shape index (κ1) is 14.5. The first-order valence-corrected chi connectivity index (χ1v) is 6.13. The average molecular weight is 290 g/mol. The van der Waals surface area contributed by atoms with Crippen LogP contribution in [0, 0.1) is 10.1 Å². The number of imidazole rings is 1. The fourth-order valence-corrected chi connectivity index (χ4v) is 1.73. The number of anilines is 1. The maximum atomic E-state index is 10.9. The van der Waals surface area contributed by atoms with E-state index in [9.17, 15) is 14.9 Å². The predicted molar refractivity (Wildman–Crippen MR) is 74.9 cm³/mol. The molecular formula is C13H14N4O4. The number of ether oxygens (including phenoxy) is 1. The topological polar surface area (TPSA) is 99.3 Å². The van der Waals surface area contributed by atoms with Crippen LogP contribution < -0.4 is 10.1 Å². The molecular weight excluding hydrogens is 276 g/mol.